The molecule has 0 aliphatic heterocycles. The molecular weight excluding hydrogens is 278 g/mol. The Labute approximate surface area is 123 Å². The summed E-state index contributed by atoms with van der Waals surface area (Å²) in [6.45, 7) is 5.66. The molecule has 0 aromatic carbocycles. The van der Waals surface area contributed by atoms with E-state index >= 15 is 0 Å². The average Bonchev–Trinajstić information content (AvgIpc) is 2.63. The van der Waals surface area contributed by atoms with Gasteiger partial charge in [0.15, 0.2) is 0 Å². The first kappa shape index (κ1) is 16.6. The van der Waals surface area contributed by atoms with Crippen LogP contribution in [0.15, 0.2) is 0 Å². The SMILES string of the molecule is COC(=O)CC(C)SCC(=O)Nc1c(C)nn(C)c1C. The first-order valence-corrected chi connectivity index (χ1v) is 7.38. The molecule has 1 aromatic rings. The van der Waals surface area contributed by atoms with Gasteiger partial charge in [-0.15, -0.1) is 11.8 Å². The summed E-state index contributed by atoms with van der Waals surface area (Å²) in [7, 11) is 3.20. The maximum atomic E-state index is 11.9. The van der Waals surface area contributed by atoms with Gasteiger partial charge in [-0.2, -0.15) is 5.10 Å². The number of ether oxygens (including phenoxy) is 1. The molecule has 0 bridgehead atoms. The number of carbonyl (C=O) groups is 2. The van der Waals surface area contributed by atoms with Crippen LogP contribution in [0.5, 0.6) is 0 Å². The van der Waals surface area contributed by atoms with Crippen molar-refractivity contribution in [3.63, 3.8) is 0 Å². The molecule has 1 rings (SSSR count). The van der Waals surface area contributed by atoms with Crippen LogP contribution in [0.2, 0.25) is 0 Å². The van der Waals surface area contributed by atoms with E-state index in [0.29, 0.717) is 12.2 Å². The Bertz CT molecular complexity index is 499. The van der Waals surface area contributed by atoms with Crippen molar-refractivity contribution in [2.24, 2.45) is 7.05 Å². The van der Waals surface area contributed by atoms with Gasteiger partial charge in [-0.05, 0) is 13.8 Å². The number of thioether (sulfide) groups is 1. The third-order valence-corrected chi connectivity index (χ3v) is 4.12. The number of anilines is 1. The average molecular weight is 299 g/mol. The number of hydrogen-bond acceptors (Lipinski definition) is 5. The Hall–Kier alpha value is -1.50. The van der Waals surface area contributed by atoms with E-state index in [9.17, 15) is 9.59 Å². The van der Waals surface area contributed by atoms with Crippen molar-refractivity contribution < 1.29 is 14.3 Å². The first-order valence-electron chi connectivity index (χ1n) is 6.33. The minimum absolute atomic E-state index is 0.0456. The zero-order valence-electron chi connectivity index (χ0n) is 12.5. The quantitative estimate of drug-likeness (QED) is 0.809. The van der Waals surface area contributed by atoms with Crippen molar-refractivity contribution >= 4 is 29.3 Å². The normalized spacial score (nSPS) is 12.1. The van der Waals surface area contributed by atoms with Crippen LogP contribution in [-0.4, -0.2) is 39.8 Å². The van der Waals surface area contributed by atoms with Crippen LogP contribution >= 0.6 is 11.8 Å². The molecule has 1 unspecified atom stereocenters. The van der Waals surface area contributed by atoms with Gasteiger partial charge in [0.1, 0.15) is 0 Å². The highest BCUT2D eigenvalue weighted by molar-refractivity contribution is 8.00. The number of carbonyl (C=O) groups excluding carboxylic acids is 2. The van der Waals surface area contributed by atoms with E-state index in [1.807, 2.05) is 27.8 Å². The molecule has 1 amide bonds. The fraction of sp³-hybridized carbons (Fsp3) is 0.615. The van der Waals surface area contributed by atoms with Gasteiger partial charge in [0.25, 0.3) is 0 Å². The van der Waals surface area contributed by atoms with Crippen molar-refractivity contribution in [3.8, 4) is 0 Å². The Morgan fingerprint density at radius 1 is 1.45 bits per heavy atom. The van der Waals surface area contributed by atoms with E-state index in [0.717, 1.165) is 17.1 Å². The van der Waals surface area contributed by atoms with E-state index in [1.165, 1.54) is 18.9 Å². The minimum Gasteiger partial charge on any atom is -0.469 e. The predicted octanol–water partition coefficient (Wildman–Crippen LogP) is 1.66. The molecule has 0 saturated heterocycles. The number of methoxy groups -OCH3 is 1. The lowest BCUT2D eigenvalue weighted by Crippen LogP contribution is -2.18. The van der Waals surface area contributed by atoms with Crippen LogP contribution < -0.4 is 5.32 Å². The van der Waals surface area contributed by atoms with E-state index in [-0.39, 0.29) is 17.1 Å². The summed E-state index contributed by atoms with van der Waals surface area (Å²) in [6.07, 6.45) is 0.305. The number of esters is 1. The largest absolute Gasteiger partial charge is 0.469 e. The Kier molecular flexibility index (Phi) is 6.06. The molecule has 1 atom stereocenters. The number of nitrogens with one attached hydrogen (secondary N) is 1. The van der Waals surface area contributed by atoms with Gasteiger partial charge in [0.2, 0.25) is 5.91 Å². The number of amides is 1. The molecular formula is C13H21N3O3S. The maximum Gasteiger partial charge on any atom is 0.306 e. The molecule has 20 heavy (non-hydrogen) atoms. The van der Waals surface area contributed by atoms with Crippen LogP contribution in [0, 0.1) is 13.8 Å². The highest BCUT2D eigenvalue weighted by Crippen LogP contribution is 2.20. The van der Waals surface area contributed by atoms with Gasteiger partial charge in [-0.25, -0.2) is 0 Å². The van der Waals surface area contributed by atoms with Gasteiger partial charge in [-0.3, -0.25) is 14.3 Å². The number of hydrogen-bond donors (Lipinski definition) is 1. The second-order valence-corrected chi connectivity index (χ2v) is 6.05. The van der Waals surface area contributed by atoms with Crippen molar-refractivity contribution in [2.45, 2.75) is 32.4 Å². The number of nitrogens with zero attached hydrogens (tertiary/aromatic N) is 2. The van der Waals surface area contributed by atoms with Crippen LogP contribution in [0.25, 0.3) is 0 Å². The zero-order valence-corrected chi connectivity index (χ0v) is 13.3. The lowest BCUT2D eigenvalue weighted by atomic mass is 10.3. The first-order chi connectivity index (χ1) is 9.35. The van der Waals surface area contributed by atoms with Gasteiger partial charge in [0, 0.05) is 12.3 Å². The van der Waals surface area contributed by atoms with Gasteiger partial charge in [-0.1, -0.05) is 6.92 Å². The third-order valence-electron chi connectivity index (χ3n) is 2.95. The van der Waals surface area contributed by atoms with Crippen molar-refractivity contribution in [1.29, 1.82) is 0 Å². The van der Waals surface area contributed by atoms with Crippen molar-refractivity contribution in [3.05, 3.63) is 11.4 Å². The summed E-state index contributed by atoms with van der Waals surface area (Å²) in [4.78, 5) is 23.0. The molecule has 0 aliphatic rings. The maximum absolute atomic E-state index is 11.9. The molecule has 1 heterocycles. The molecule has 0 radical (unpaired) electrons. The van der Waals surface area contributed by atoms with E-state index in [2.05, 4.69) is 15.2 Å². The monoisotopic (exact) mass is 299 g/mol. The van der Waals surface area contributed by atoms with Gasteiger partial charge < -0.3 is 10.1 Å². The molecule has 112 valence electrons. The smallest absolute Gasteiger partial charge is 0.306 e. The highest BCUT2D eigenvalue weighted by Gasteiger charge is 2.15. The summed E-state index contributed by atoms with van der Waals surface area (Å²) < 4.78 is 6.33. The standard InChI is InChI=1S/C13H21N3O3S/c1-8(6-12(18)19-5)20-7-11(17)14-13-9(2)15-16(4)10(13)3/h8H,6-7H2,1-5H3,(H,14,17). The van der Waals surface area contributed by atoms with Crippen LogP contribution in [0.4, 0.5) is 5.69 Å². The molecule has 6 nitrogen and oxygen atoms in total. The third kappa shape index (κ3) is 4.56. The summed E-state index contributed by atoms with van der Waals surface area (Å²) in [5.41, 5.74) is 2.48. The summed E-state index contributed by atoms with van der Waals surface area (Å²) in [5.74, 6) is -0.0540. The number of aromatic nitrogens is 2. The highest BCUT2D eigenvalue weighted by atomic mass is 32.2. The second-order valence-electron chi connectivity index (χ2n) is 4.62. The summed E-state index contributed by atoms with van der Waals surface area (Å²) in [5, 5.41) is 7.15. The fourth-order valence-electron chi connectivity index (χ4n) is 1.72. The molecule has 7 heteroatoms. The van der Waals surface area contributed by atoms with Gasteiger partial charge >= 0.3 is 5.97 Å². The molecule has 0 spiro atoms. The van der Waals surface area contributed by atoms with E-state index in [4.69, 9.17) is 0 Å². The Balaban J connectivity index is 2.46. The fourth-order valence-corrected chi connectivity index (χ4v) is 2.49. The summed E-state index contributed by atoms with van der Waals surface area (Å²) >= 11 is 1.43. The zero-order chi connectivity index (χ0) is 15.3. The molecule has 1 aromatic heterocycles. The molecule has 0 saturated carbocycles. The molecule has 1 N–H and O–H groups in total. The summed E-state index contributed by atoms with van der Waals surface area (Å²) in [6, 6.07) is 0. The number of aryl methyl sites for hydroxylation is 2. The Morgan fingerprint density at radius 2 is 2.10 bits per heavy atom. The second kappa shape index (κ2) is 7.33. The van der Waals surface area contributed by atoms with Crippen molar-refractivity contribution in [2.75, 3.05) is 18.2 Å². The van der Waals surface area contributed by atoms with Crippen LogP contribution in [-0.2, 0) is 21.4 Å². The van der Waals surface area contributed by atoms with E-state index < -0.39 is 0 Å². The number of rotatable bonds is 6. The predicted molar refractivity (Wildman–Crippen MR) is 79.9 cm³/mol. The van der Waals surface area contributed by atoms with Gasteiger partial charge in [0.05, 0.1) is 36.4 Å². The van der Waals surface area contributed by atoms with Crippen LogP contribution in [0.1, 0.15) is 24.7 Å². The molecule has 0 aliphatic carbocycles. The minimum atomic E-state index is -0.260. The Morgan fingerprint density at radius 3 is 2.60 bits per heavy atom. The van der Waals surface area contributed by atoms with Crippen molar-refractivity contribution in [1.82, 2.24) is 9.78 Å². The molecule has 0 fully saturated rings. The van der Waals surface area contributed by atoms with Crippen LogP contribution in [0.3, 0.4) is 0 Å². The lowest BCUT2D eigenvalue weighted by Gasteiger charge is -2.10. The topological polar surface area (TPSA) is 73.2 Å². The lowest BCUT2D eigenvalue weighted by molar-refractivity contribution is -0.140. The van der Waals surface area contributed by atoms with E-state index in [1.54, 1.807) is 4.68 Å².